The summed E-state index contributed by atoms with van der Waals surface area (Å²) in [6, 6.07) is 0. The van der Waals surface area contributed by atoms with Crippen LogP contribution in [0.2, 0.25) is 6.32 Å². The van der Waals surface area contributed by atoms with Crippen LogP contribution in [-0.4, -0.2) is 7.85 Å². The fourth-order valence-electron chi connectivity index (χ4n) is 0. The van der Waals surface area contributed by atoms with E-state index in [1.54, 1.807) is 0 Å². The Bertz CT molecular complexity index is 8.85. The number of hydrogen-bond acceptors (Lipinski definition) is 0. The van der Waals surface area contributed by atoms with Crippen LogP contribution in [0.25, 0.3) is 0 Å². The van der Waals surface area contributed by atoms with Gasteiger partial charge in [-0.2, -0.15) is 6.42 Å². The maximum atomic E-state index is 4.97. The molecule has 0 atom stereocenters. The summed E-state index contributed by atoms with van der Waals surface area (Å²) in [6.45, 7) is 3.48. The molecule has 0 aromatic rings. The molecule has 0 aromatic heterocycles. The molecule has 0 aliphatic rings. The van der Waals surface area contributed by atoms with Crippen molar-refractivity contribution in [2.75, 3.05) is 0 Å². The summed E-state index contributed by atoms with van der Waals surface area (Å²) < 4.78 is 0. The molecular formula is C3H6BPa-. The summed E-state index contributed by atoms with van der Waals surface area (Å²) in [5.41, 5.74) is 0. The summed E-state index contributed by atoms with van der Waals surface area (Å²) in [4.78, 5) is 0. The van der Waals surface area contributed by atoms with E-state index in [2.05, 4.69) is 6.92 Å². The SMILES string of the molecule is [B]CC[CH2-].[Pa]. The van der Waals surface area contributed by atoms with Crippen molar-refractivity contribution in [3.05, 3.63) is 6.92 Å². The molecule has 2 heteroatoms. The van der Waals surface area contributed by atoms with E-state index in [0.29, 0.717) is 6.32 Å². The first-order valence-electron chi connectivity index (χ1n) is 1.41. The summed E-state index contributed by atoms with van der Waals surface area (Å²) >= 11 is 0. The monoisotopic (exact) mass is 284 g/mol. The summed E-state index contributed by atoms with van der Waals surface area (Å²) in [7, 11) is 4.97. The van der Waals surface area contributed by atoms with Gasteiger partial charge in [0.2, 0.25) is 0 Å². The second-order valence-electron chi connectivity index (χ2n) is 0.642. The zero-order chi connectivity index (χ0) is 3.41. The van der Waals surface area contributed by atoms with Crippen molar-refractivity contribution in [2.24, 2.45) is 0 Å². The molecule has 0 amide bonds. The molecular weight excluding hydrogens is 278 g/mol. The van der Waals surface area contributed by atoms with Crippen molar-refractivity contribution in [1.82, 2.24) is 0 Å². The molecule has 0 heterocycles. The van der Waals surface area contributed by atoms with Crippen LogP contribution in [0.15, 0.2) is 0 Å². The Hall–Kier alpha value is 1.16. The molecule has 0 aromatic carbocycles. The molecule has 0 fully saturated rings. The van der Waals surface area contributed by atoms with Crippen LogP contribution in [0.3, 0.4) is 0 Å². The van der Waals surface area contributed by atoms with Crippen LogP contribution < -0.4 is 0 Å². The molecule has 0 saturated carbocycles. The standard InChI is InChI=1S/C3H6B.Pa/c1-2-3-4;/h1-3H2;/q-1;. The van der Waals surface area contributed by atoms with Gasteiger partial charge in [-0.25, -0.2) is 0 Å². The predicted octanol–water partition coefficient (Wildman–Crippen LogP) is 0.797. The normalized spacial score (nSPS) is 5.80. The largest absolute Gasteiger partial charge is 0.344 e. The van der Waals surface area contributed by atoms with Gasteiger partial charge in [0.25, 0.3) is 0 Å². The van der Waals surface area contributed by atoms with E-state index in [4.69, 9.17) is 7.85 Å². The van der Waals surface area contributed by atoms with Crippen molar-refractivity contribution in [3.8, 4) is 0 Å². The Morgan fingerprint density at radius 3 is 1.80 bits per heavy atom. The first kappa shape index (κ1) is 9.47. The van der Waals surface area contributed by atoms with Gasteiger partial charge in [0.1, 0.15) is 0 Å². The second kappa shape index (κ2) is 8.94. The third-order valence-corrected chi connectivity index (χ3v) is 0.204. The topological polar surface area (TPSA) is 0 Å². The molecule has 0 aliphatic carbocycles. The second-order valence-corrected chi connectivity index (χ2v) is 0.642. The van der Waals surface area contributed by atoms with E-state index >= 15 is 0 Å². The van der Waals surface area contributed by atoms with Crippen LogP contribution >= 0.6 is 0 Å². The first-order chi connectivity index (χ1) is 1.91. The Balaban J connectivity index is 0. The summed E-state index contributed by atoms with van der Waals surface area (Å²) in [5, 5.41) is 0. The van der Waals surface area contributed by atoms with E-state index in [9.17, 15) is 0 Å². The van der Waals surface area contributed by atoms with Crippen LogP contribution in [0.4, 0.5) is 0 Å². The molecule has 0 unspecified atom stereocenters. The Morgan fingerprint density at radius 1 is 1.60 bits per heavy atom. The van der Waals surface area contributed by atoms with Gasteiger partial charge in [-0.3, -0.25) is 0 Å². The van der Waals surface area contributed by atoms with Gasteiger partial charge in [0.15, 0.2) is 0 Å². The average Bonchev–Trinajstić information content (AvgIpc) is 1.37. The van der Waals surface area contributed by atoms with Crippen molar-refractivity contribution >= 4 is 7.85 Å². The molecule has 5 heavy (non-hydrogen) atoms. The minimum atomic E-state index is 0. The van der Waals surface area contributed by atoms with Gasteiger partial charge in [-0.05, 0) is 0 Å². The maximum absolute atomic E-state index is 4.97. The average molecular weight is 284 g/mol. The van der Waals surface area contributed by atoms with Crippen LogP contribution in [0.1, 0.15) is 6.42 Å². The van der Waals surface area contributed by atoms with E-state index < -0.39 is 0 Å². The zero-order valence-electron chi connectivity index (χ0n) is 3.28. The van der Waals surface area contributed by atoms with Crippen LogP contribution in [-0.2, 0) is 0 Å². The van der Waals surface area contributed by atoms with Crippen LogP contribution in [0.5, 0.6) is 0 Å². The molecule has 0 nitrogen and oxygen atoms in total. The van der Waals surface area contributed by atoms with Crippen molar-refractivity contribution in [1.29, 1.82) is 0 Å². The van der Waals surface area contributed by atoms with Gasteiger partial charge in [0.05, 0.1) is 7.85 Å². The van der Waals surface area contributed by atoms with Crippen LogP contribution in [0, 0.1) is 39.2 Å². The Labute approximate surface area is 59.6 Å². The third-order valence-electron chi connectivity index (χ3n) is 0.204. The maximum Gasteiger partial charge on any atom is 0.0618 e. The van der Waals surface area contributed by atoms with E-state index in [1.807, 2.05) is 0 Å². The third kappa shape index (κ3) is 11.0. The molecule has 3 radical (unpaired) electrons. The zero-order valence-corrected chi connectivity index (χ0v) is 8.08. The molecule has 0 N–H and O–H groups in total. The first-order valence-corrected chi connectivity index (χ1v) is 1.41. The van der Waals surface area contributed by atoms with E-state index in [1.165, 1.54) is 0 Å². The molecule has 0 spiro atoms. The molecule has 0 bridgehead atoms. The van der Waals surface area contributed by atoms with E-state index in [-0.39, 0.29) is 32.3 Å². The predicted molar refractivity (Wildman–Crippen MR) is 20.5 cm³/mol. The van der Waals surface area contributed by atoms with Gasteiger partial charge in [-0.1, -0.05) is 0 Å². The van der Waals surface area contributed by atoms with Gasteiger partial charge in [-0.15, -0.1) is 6.32 Å². The van der Waals surface area contributed by atoms with Gasteiger partial charge in [0, 0.05) is 32.3 Å². The van der Waals surface area contributed by atoms with E-state index in [0.717, 1.165) is 6.42 Å². The summed E-state index contributed by atoms with van der Waals surface area (Å²) in [5.74, 6) is 0. The minimum Gasteiger partial charge on any atom is -0.344 e. The fraction of sp³-hybridized carbons (Fsp3) is 0.667. The molecule has 0 rings (SSSR count). The van der Waals surface area contributed by atoms with Crippen molar-refractivity contribution in [2.45, 2.75) is 12.7 Å². The van der Waals surface area contributed by atoms with Crippen molar-refractivity contribution in [3.63, 3.8) is 0 Å². The Kier molecular flexibility index (Phi) is 16.9. The minimum absolute atomic E-state index is 0. The number of rotatable bonds is 1. The quantitative estimate of drug-likeness (QED) is 0.493. The fourth-order valence-corrected chi connectivity index (χ4v) is 0. The number of hydrogen-bond donors (Lipinski definition) is 0. The summed E-state index contributed by atoms with van der Waals surface area (Å²) in [6.07, 6.45) is 1.56. The Morgan fingerprint density at radius 2 is 1.80 bits per heavy atom. The molecule has 0 saturated heterocycles. The molecule has 25 valence electrons. The van der Waals surface area contributed by atoms with Gasteiger partial charge < -0.3 is 6.92 Å². The molecule has 0 aliphatic heterocycles. The van der Waals surface area contributed by atoms with Crippen molar-refractivity contribution < 1.29 is 32.3 Å². The van der Waals surface area contributed by atoms with Gasteiger partial charge >= 0.3 is 0 Å². The smallest absolute Gasteiger partial charge is 0.0618 e.